The molecule has 8 heteroatoms. The molecule has 8 nitrogen and oxygen atoms in total. The minimum atomic E-state index is -0.412. The maximum absolute atomic E-state index is 12.9. The van der Waals surface area contributed by atoms with Crippen LogP contribution in [0.2, 0.25) is 0 Å². The molecule has 174 valence electrons. The lowest BCUT2D eigenvalue weighted by atomic mass is 10.1. The molecule has 33 heavy (non-hydrogen) atoms. The highest BCUT2D eigenvalue weighted by atomic mass is 16.5. The lowest BCUT2D eigenvalue weighted by Crippen LogP contribution is -2.42. The summed E-state index contributed by atoms with van der Waals surface area (Å²) in [6.07, 6.45) is 6.20. The maximum atomic E-state index is 12.9. The monoisotopic (exact) mass is 450 g/mol. The number of para-hydroxylation sites is 1. The molecule has 0 unspecified atom stereocenters. The molecule has 1 N–H and O–H groups in total. The number of carbonyl (C=O) groups excluding carboxylic acids is 2. The van der Waals surface area contributed by atoms with E-state index >= 15 is 0 Å². The largest absolute Gasteiger partial charge is 0.378 e. The predicted molar refractivity (Wildman–Crippen MR) is 124 cm³/mol. The molecule has 2 aromatic rings. The average molecular weight is 451 g/mol. The number of nitriles is 1. The molecule has 1 atom stereocenters. The molecule has 2 saturated heterocycles. The van der Waals surface area contributed by atoms with Crippen LogP contribution >= 0.6 is 0 Å². The van der Waals surface area contributed by atoms with Crippen LogP contribution in [0.25, 0.3) is 17.0 Å². The summed E-state index contributed by atoms with van der Waals surface area (Å²) in [5.74, 6) is -0.378. The average Bonchev–Trinajstić information content (AvgIpc) is 3.49. The molecule has 2 fully saturated rings. The number of aryl methyl sites for hydroxylation is 1. The van der Waals surface area contributed by atoms with Crippen molar-refractivity contribution >= 4 is 28.8 Å². The van der Waals surface area contributed by atoms with E-state index in [1.165, 1.54) is 0 Å². The molecule has 2 aliphatic rings. The van der Waals surface area contributed by atoms with Gasteiger partial charge in [-0.1, -0.05) is 25.1 Å². The van der Waals surface area contributed by atoms with Crippen molar-refractivity contribution in [1.29, 1.82) is 5.26 Å². The first-order valence-corrected chi connectivity index (χ1v) is 11.6. The van der Waals surface area contributed by atoms with E-state index in [-0.39, 0.29) is 24.1 Å². The van der Waals surface area contributed by atoms with Crippen molar-refractivity contribution in [2.24, 2.45) is 0 Å². The van der Waals surface area contributed by atoms with Crippen molar-refractivity contribution in [3.8, 4) is 6.07 Å². The minimum Gasteiger partial charge on any atom is -0.378 e. The second-order valence-electron chi connectivity index (χ2n) is 8.39. The Labute approximate surface area is 193 Å². The molecular formula is C25H30N4O4. The van der Waals surface area contributed by atoms with E-state index in [4.69, 9.17) is 9.47 Å². The van der Waals surface area contributed by atoms with Crippen LogP contribution in [0.3, 0.4) is 0 Å². The molecule has 0 saturated carbocycles. The van der Waals surface area contributed by atoms with Crippen molar-refractivity contribution in [2.45, 2.75) is 38.8 Å². The fourth-order valence-corrected chi connectivity index (χ4v) is 4.46. The van der Waals surface area contributed by atoms with Gasteiger partial charge in [0.1, 0.15) is 18.2 Å². The van der Waals surface area contributed by atoms with Crippen LogP contribution in [0.15, 0.2) is 30.0 Å². The summed E-state index contributed by atoms with van der Waals surface area (Å²) in [5, 5.41) is 13.4. The zero-order chi connectivity index (χ0) is 23.2. The maximum Gasteiger partial charge on any atom is 0.262 e. The smallest absolute Gasteiger partial charge is 0.262 e. The highest BCUT2D eigenvalue weighted by Crippen LogP contribution is 2.27. The van der Waals surface area contributed by atoms with Crippen LogP contribution < -0.4 is 5.32 Å². The van der Waals surface area contributed by atoms with Gasteiger partial charge in [-0.25, -0.2) is 0 Å². The number of hydrogen-bond donors (Lipinski definition) is 1. The number of rotatable bonds is 7. The van der Waals surface area contributed by atoms with Crippen molar-refractivity contribution in [2.75, 3.05) is 39.5 Å². The number of aromatic nitrogens is 1. The van der Waals surface area contributed by atoms with Gasteiger partial charge in [-0.2, -0.15) is 5.26 Å². The summed E-state index contributed by atoms with van der Waals surface area (Å²) < 4.78 is 12.8. The SMILES string of the molecule is CCc1cccc2c(/C=C(\C#N)C(=O)NC[C@@H]3CCCO3)cn(CC(=O)N3CCOCC3)c12. The van der Waals surface area contributed by atoms with Crippen molar-refractivity contribution in [1.82, 2.24) is 14.8 Å². The van der Waals surface area contributed by atoms with Crippen molar-refractivity contribution < 1.29 is 19.1 Å². The number of benzene rings is 1. The number of nitrogens with one attached hydrogen (secondary N) is 1. The van der Waals surface area contributed by atoms with Gasteiger partial charge in [0.25, 0.3) is 5.91 Å². The van der Waals surface area contributed by atoms with E-state index in [0.717, 1.165) is 41.3 Å². The third-order valence-corrected chi connectivity index (χ3v) is 6.24. The summed E-state index contributed by atoms with van der Waals surface area (Å²) in [6, 6.07) is 8.01. The van der Waals surface area contributed by atoms with Crippen LogP contribution in [0.1, 0.15) is 30.9 Å². The molecule has 1 aromatic heterocycles. The van der Waals surface area contributed by atoms with Gasteiger partial charge < -0.3 is 24.3 Å². The Morgan fingerprint density at radius 3 is 2.79 bits per heavy atom. The summed E-state index contributed by atoms with van der Waals surface area (Å²) >= 11 is 0. The minimum absolute atomic E-state index is 0.00844. The molecule has 2 aliphatic heterocycles. The van der Waals surface area contributed by atoms with Crippen molar-refractivity contribution in [3.05, 3.63) is 41.1 Å². The van der Waals surface area contributed by atoms with Crippen LogP contribution in [0.5, 0.6) is 0 Å². The van der Waals surface area contributed by atoms with E-state index in [2.05, 4.69) is 12.2 Å². The van der Waals surface area contributed by atoms with E-state index in [0.29, 0.717) is 39.5 Å². The molecule has 0 bridgehead atoms. The Morgan fingerprint density at radius 2 is 2.09 bits per heavy atom. The van der Waals surface area contributed by atoms with Crippen LogP contribution in [-0.4, -0.2) is 66.8 Å². The van der Waals surface area contributed by atoms with Gasteiger partial charge in [-0.3, -0.25) is 9.59 Å². The molecule has 3 heterocycles. The van der Waals surface area contributed by atoms with E-state index in [1.807, 2.05) is 39.9 Å². The number of morpholine rings is 1. The first-order valence-electron chi connectivity index (χ1n) is 11.6. The summed E-state index contributed by atoms with van der Waals surface area (Å²) in [6.45, 7) is 5.68. The Morgan fingerprint density at radius 1 is 1.27 bits per heavy atom. The fourth-order valence-electron chi connectivity index (χ4n) is 4.46. The summed E-state index contributed by atoms with van der Waals surface area (Å²) in [4.78, 5) is 27.4. The van der Waals surface area contributed by atoms with E-state index < -0.39 is 5.91 Å². The molecule has 4 rings (SSSR count). The van der Waals surface area contributed by atoms with Gasteiger partial charge in [0.05, 0.1) is 24.8 Å². The van der Waals surface area contributed by atoms with Gasteiger partial charge in [0.15, 0.2) is 0 Å². The number of nitrogens with zero attached hydrogens (tertiary/aromatic N) is 3. The standard InChI is InChI=1S/C25H30N4O4/c1-2-18-5-3-7-22-20(13-19(14-26)25(31)27-15-21-6-4-10-33-21)16-29(24(18)22)17-23(30)28-8-11-32-12-9-28/h3,5,7,13,16,21H,2,4,6,8-12,15,17H2,1H3,(H,27,31)/b19-13+/t21-/m0/s1. The Bertz CT molecular complexity index is 1090. The zero-order valence-electron chi connectivity index (χ0n) is 19.0. The molecular weight excluding hydrogens is 420 g/mol. The first-order chi connectivity index (χ1) is 16.1. The second-order valence-corrected chi connectivity index (χ2v) is 8.39. The number of hydrogen-bond acceptors (Lipinski definition) is 5. The molecule has 0 spiro atoms. The van der Waals surface area contributed by atoms with Crippen LogP contribution in [0.4, 0.5) is 0 Å². The quantitative estimate of drug-likeness (QED) is 0.516. The number of amides is 2. The highest BCUT2D eigenvalue weighted by molar-refractivity contribution is 6.04. The fraction of sp³-hybridized carbons (Fsp3) is 0.480. The van der Waals surface area contributed by atoms with Crippen LogP contribution in [-0.2, 0) is 32.0 Å². The highest BCUT2D eigenvalue weighted by Gasteiger charge is 2.21. The summed E-state index contributed by atoms with van der Waals surface area (Å²) in [7, 11) is 0. The molecule has 0 aliphatic carbocycles. The van der Waals surface area contributed by atoms with Gasteiger partial charge in [0.2, 0.25) is 5.91 Å². The van der Waals surface area contributed by atoms with E-state index in [1.54, 1.807) is 6.08 Å². The zero-order valence-corrected chi connectivity index (χ0v) is 19.0. The van der Waals surface area contributed by atoms with Gasteiger partial charge in [-0.05, 0) is 30.9 Å². The Kier molecular flexibility index (Phi) is 7.43. The third-order valence-electron chi connectivity index (χ3n) is 6.24. The molecule has 2 amide bonds. The number of fused-ring (bicyclic) bond motifs is 1. The lowest BCUT2D eigenvalue weighted by molar-refractivity contribution is -0.135. The Balaban J connectivity index is 1.61. The molecule has 0 radical (unpaired) electrons. The molecule has 1 aromatic carbocycles. The summed E-state index contributed by atoms with van der Waals surface area (Å²) in [5.41, 5.74) is 2.86. The lowest BCUT2D eigenvalue weighted by Gasteiger charge is -2.27. The normalized spacial score (nSPS) is 19.0. The van der Waals surface area contributed by atoms with E-state index in [9.17, 15) is 14.9 Å². The second kappa shape index (κ2) is 10.6. The van der Waals surface area contributed by atoms with Gasteiger partial charge >= 0.3 is 0 Å². The van der Waals surface area contributed by atoms with Crippen LogP contribution in [0, 0.1) is 11.3 Å². The first kappa shape index (κ1) is 23.0. The number of ether oxygens (including phenoxy) is 2. The third kappa shape index (κ3) is 5.27. The van der Waals surface area contributed by atoms with Gasteiger partial charge in [0, 0.05) is 43.4 Å². The van der Waals surface area contributed by atoms with Gasteiger partial charge in [-0.15, -0.1) is 0 Å². The predicted octanol–water partition coefficient (Wildman–Crippen LogP) is 2.26. The topological polar surface area (TPSA) is 96.6 Å². The Hall–Kier alpha value is -3.15. The van der Waals surface area contributed by atoms with Crippen molar-refractivity contribution in [3.63, 3.8) is 0 Å². The number of carbonyl (C=O) groups is 2.